The highest BCUT2D eigenvalue weighted by Gasteiger charge is 2.27. The number of hydrogen-bond acceptors (Lipinski definition) is 3. The van der Waals surface area contributed by atoms with Gasteiger partial charge in [0.1, 0.15) is 0 Å². The van der Waals surface area contributed by atoms with Gasteiger partial charge in [-0.05, 0) is 49.2 Å². The molecule has 1 saturated heterocycles. The van der Waals surface area contributed by atoms with Gasteiger partial charge in [-0.3, -0.25) is 9.59 Å². The summed E-state index contributed by atoms with van der Waals surface area (Å²) in [6, 6.07) is 15.6. The first-order chi connectivity index (χ1) is 13.0. The second kappa shape index (κ2) is 8.35. The molecule has 27 heavy (non-hydrogen) atoms. The van der Waals surface area contributed by atoms with Gasteiger partial charge in [-0.25, -0.2) is 4.79 Å². The molecule has 0 radical (unpaired) electrons. The molecule has 1 fully saturated rings. The summed E-state index contributed by atoms with van der Waals surface area (Å²) in [5.41, 5.74) is 6.97. The maximum Gasteiger partial charge on any atom is 0.321 e. The Morgan fingerprint density at radius 1 is 0.852 bits per heavy atom. The van der Waals surface area contributed by atoms with E-state index < -0.39 is 5.91 Å². The van der Waals surface area contributed by atoms with E-state index in [0.29, 0.717) is 37.2 Å². The van der Waals surface area contributed by atoms with Crippen LogP contribution in [-0.4, -0.2) is 35.8 Å². The summed E-state index contributed by atoms with van der Waals surface area (Å²) in [6.07, 6.45) is 1.21. The van der Waals surface area contributed by atoms with Crippen LogP contribution in [0.2, 0.25) is 0 Å². The molecule has 0 aromatic heterocycles. The minimum atomic E-state index is -0.506. The van der Waals surface area contributed by atoms with Crippen LogP contribution in [0.1, 0.15) is 23.2 Å². The van der Waals surface area contributed by atoms with Crippen LogP contribution in [0, 0.1) is 5.92 Å². The van der Waals surface area contributed by atoms with Crippen molar-refractivity contribution in [1.82, 2.24) is 4.90 Å². The Balaban J connectivity index is 1.48. The fraction of sp³-hybridized carbons (Fsp3) is 0.250. The number of benzene rings is 2. The third-order valence-corrected chi connectivity index (χ3v) is 4.61. The number of hydrogen-bond donors (Lipinski definition) is 3. The number of piperidine rings is 1. The molecule has 0 aliphatic carbocycles. The van der Waals surface area contributed by atoms with Gasteiger partial charge in [0.2, 0.25) is 11.8 Å². The molecule has 0 saturated carbocycles. The SMILES string of the molecule is NC(=O)c1ccc(NC(=O)C2CCN(C(=O)Nc3ccccc3)CC2)cc1. The average molecular weight is 366 g/mol. The second-order valence-electron chi connectivity index (χ2n) is 6.49. The molecule has 0 unspecified atom stereocenters. The Hall–Kier alpha value is -3.35. The van der Waals surface area contributed by atoms with Gasteiger partial charge >= 0.3 is 6.03 Å². The first-order valence-electron chi connectivity index (χ1n) is 8.84. The molecule has 7 heteroatoms. The Kier molecular flexibility index (Phi) is 5.71. The van der Waals surface area contributed by atoms with Crippen molar-refractivity contribution in [1.29, 1.82) is 0 Å². The van der Waals surface area contributed by atoms with Gasteiger partial charge in [-0.1, -0.05) is 18.2 Å². The molecule has 140 valence electrons. The number of carbonyl (C=O) groups is 3. The van der Waals surface area contributed by atoms with Crippen LogP contribution in [-0.2, 0) is 4.79 Å². The molecule has 0 spiro atoms. The number of primary amides is 1. The molecule has 4 amide bonds. The number of nitrogens with zero attached hydrogens (tertiary/aromatic N) is 1. The lowest BCUT2D eigenvalue weighted by molar-refractivity contribution is -0.121. The average Bonchev–Trinajstić information content (AvgIpc) is 2.69. The van der Waals surface area contributed by atoms with Crippen molar-refractivity contribution in [2.75, 3.05) is 23.7 Å². The normalized spacial score (nSPS) is 14.4. The summed E-state index contributed by atoms with van der Waals surface area (Å²) in [7, 11) is 0. The molecular formula is C20H22N4O3. The minimum absolute atomic E-state index is 0.0788. The highest BCUT2D eigenvalue weighted by molar-refractivity contribution is 5.95. The highest BCUT2D eigenvalue weighted by Crippen LogP contribution is 2.20. The van der Waals surface area contributed by atoms with Gasteiger partial charge in [0.25, 0.3) is 0 Å². The molecule has 3 rings (SSSR count). The van der Waals surface area contributed by atoms with E-state index in [1.165, 1.54) is 0 Å². The monoisotopic (exact) mass is 366 g/mol. The fourth-order valence-corrected chi connectivity index (χ4v) is 3.03. The van der Waals surface area contributed by atoms with Gasteiger partial charge < -0.3 is 21.3 Å². The van der Waals surface area contributed by atoms with Crippen LogP contribution in [0.4, 0.5) is 16.2 Å². The van der Waals surface area contributed by atoms with Gasteiger partial charge in [0.15, 0.2) is 0 Å². The first-order valence-corrected chi connectivity index (χ1v) is 8.84. The molecule has 1 heterocycles. The van der Waals surface area contributed by atoms with E-state index in [-0.39, 0.29) is 17.9 Å². The predicted molar refractivity (Wildman–Crippen MR) is 103 cm³/mol. The van der Waals surface area contributed by atoms with Crippen molar-refractivity contribution in [2.45, 2.75) is 12.8 Å². The number of nitrogens with one attached hydrogen (secondary N) is 2. The van der Waals surface area contributed by atoms with E-state index in [0.717, 1.165) is 5.69 Å². The van der Waals surface area contributed by atoms with E-state index in [2.05, 4.69) is 10.6 Å². The van der Waals surface area contributed by atoms with Gasteiger partial charge in [-0.2, -0.15) is 0 Å². The summed E-state index contributed by atoms with van der Waals surface area (Å²) in [5.74, 6) is -0.736. The zero-order chi connectivity index (χ0) is 19.2. The van der Waals surface area contributed by atoms with Crippen molar-refractivity contribution in [3.63, 3.8) is 0 Å². The lowest BCUT2D eigenvalue weighted by Gasteiger charge is -2.31. The molecule has 1 aliphatic heterocycles. The Morgan fingerprint density at radius 2 is 1.44 bits per heavy atom. The highest BCUT2D eigenvalue weighted by atomic mass is 16.2. The third kappa shape index (κ3) is 4.84. The summed E-state index contributed by atoms with van der Waals surface area (Å²) in [6.45, 7) is 1.05. The molecule has 1 aliphatic rings. The second-order valence-corrected chi connectivity index (χ2v) is 6.49. The molecule has 0 atom stereocenters. The molecular weight excluding hydrogens is 344 g/mol. The van der Waals surface area contributed by atoms with Gasteiger partial charge in [0, 0.05) is 35.9 Å². The van der Waals surface area contributed by atoms with E-state index in [4.69, 9.17) is 5.73 Å². The van der Waals surface area contributed by atoms with Crippen LogP contribution < -0.4 is 16.4 Å². The number of nitrogens with two attached hydrogens (primary N) is 1. The largest absolute Gasteiger partial charge is 0.366 e. The van der Waals surface area contributed by atoms with E-state index in [1.54, 1.807) is 29.2 Å². The topological polar surface area (TPSA) is 105 Å². The smallest absolute Gasteiger partial charge is 0.321 e. The predicted octanol–water partition coefficient (Wildman–Crippen LogP) is 2.67. The number of para-hydroxylation sites is 1. The number of amides is 4. The van der Waals surface area contributed by atoms with Crippen LogP contribution >= 0.6 is 0 Å². The number of urea groups is 1. The Bertz CT molecular complexity index is 813. The molecule has 4 N–H and O–H groups in total. The van der Waals surface area contributed by atoms with Crippen molar-refractivity contribution in [3.8, 4) is 0 Å². The van der Waals surface area contributed by atoms with E-state index in [9.17, 15) is 14.4 Å². The fourth-order valence-electron chi connectivity index (χ4n) is 3.03. The van der Waals surface area contributed by atoms with Crippen LogP contribution in [0.15, 0.2) is 54.6 Å². The minimum Gasteiger partial charge on any atom is -0.366 e. The third-order valence-electron chi connectivity index (χ3n) is 4.61. The lowest BCUT2D eigenvalue weighted by Crippen LogP contribution is -2.43. The number of likely N-dealkylation sites (tertiary alicyclic amines) is 1. The van der Waals surface area contributed by atoms with Crippen molar-refractivity contribution >= 4 is 29.2 Å². The molecule has 0 bridgehead atoms. The number of carbonyl (C=O) groups excluding carboxylic acids is 3. The standard InChI is InChI=1S/C20H22N4O3/c21-18(25)14-6-8-17(9-7-14)22-19(26)15-10-12-24(13-11-15)20(27)23-16-4-2-1-3-5-16/h1-9,15H,10-13H2,(H2,21,25)(H,22,26)(H,23,27). The van der Waals surface area contributed by atoms with Crippen molar-refractivity contribution in [2.24, 2.45) is 11.7 Å². The first kappa shape index (κ1) is 18.4. The van der Waals surface area contributed by atoms with E-state index >= 15 is 0 Å². The quantitative estimate of drug-likeness (QED) is 0.775. The number of anilines is 2. The molecule has 2 aromatic rings. The van der Waals surface area contributed by atoms with Crippen LogP contribution in [0.5, 0.6) is 0 Å². The van der Waals surface area contributed by atoms with Gasteiger partial charge in [0.05, 0.1) is 0 Å². The Labute approximate surface area is 157 Å². The summed E-state index contributed by atoms with van der Waals surface area (Å²) >= 11 is 0. The van der Waals surface area contributed by atoms with Crippen molar-refractivity contribution in [3.05, 3.63) is 60.2 Å². The summed E-state index contributed by atoms with van der Waals surface area (Å²) < 4.78 is 0. The summed E-state index contributed by atoms with van der Waals surface area (Å²) in [5, 5.41) is 5.71. The Morgan fingerprint density at radius 3 is 2.04 bits per heavy atom. The lowest BCUT2D eigenvalue weighted by atomic mass is 9.96. The van der Waals surface area contributed by atoms with Crippen LogP contribution in [0.3, 0.4) is 0 Å². The number of rotatable bonds is 4. The zero-order valence-corrected chi connectivity index (χ0v) is 14.9. The summed E-state index contributed by atoms with van der Waals surface area (Å²) in [4.78, 5) is 37.5. The molecule has 2 aromatic carbocycles. The van der Waals surface area contributed by atoms with Crippen LogP contribution in [0.25, 0.3) is 0 Å². The molecule has 7 nitrogen and oxygen atoms in total. The van der Waals surface area contributed by atoms with Gasteiger partial charge in [-0.15, -0.1) is 0 Å². The van der Waals surface area contributed by atoms with E-state index in [1.807, 2.05) is 30.3 Å². The maximum atomic E-state index is 12.4. The maximum absolute atomic E-state index is 12.4. The van der Waals surface area contributed by atoms with Crippen molar-refractivity contribution < 1.29 is 14.4 Å². The zero-order valence-electron chi connectivity index (χ0n) is 14.9.